The molecule has 17 heavy (non-hydrogen) atoms. The molecule has 0 unspecified atom stereocenters. The lowest BCUT2D eigenvalue weighted by Gasteiger charge is -2.26. The summed E-state index contributed by atoms with van der Waals surface area (Å²) in [5.74, 6) is 0.573. The molecule has 1 aromatic rings. The molecular formula is C15H23NO. The fourth-order valence-electron chi connectivity index (χ4n) is 2.59. The summed E-state index contributed by atoms with van der Waals surface area (Å²) in [6.07, 6.45) is 2.53. The van der Waals surface area contributed by atoms with Crippen LogP contribution >= 0.6 is 0 Å². The van der Waals surface area contributed by atoms with Gasteiger partial charge in [-0.15, -0.1) is 0 Å². The van der Waals surface area contributed by atoms with Crippen molar-refractivity contribution in [3.63, 3.8) is 0 Å². The summed E-state index contributed by atoms with van der Waals surface area (Å²) in [5, 5.41) is 9.58. The van der Waals surface area contributed by atoms with Gasteiger partial charge in [0.1, 0.15) is 0 Å². The van der Waals surface area contributed by atoms with E-state index >= 15 is 0 Å². The van der Waals surface area contributed by atoms with Crippen LogP contribution in [0.25, 0.3) is 0 Å². The van der Waals surface area contributed by atoms with Crippen molar-refractivity contribution < 1.29 is 5.11 Å². The summed E-state index contributed by atoms with van der Waals surface area (Å²) in [6, 6.07) is 8.93. The maximum atomic E-state index is 9.58. The van der Waals surface area contributed by atoms with Gasteiger partial charge in [-0.2, -0.15) is 0 Å². The molecule has 1 fully saturated rings. The highest BCUT2D eigenvalue weighted by Gasteiger charge is 2.22. The maximum absolute atomic E-state index is 9.58. The topological polar surface area (TPSA) is 23.5 Å². The van der Waals surface area contributed by atoms with Gasteiger partial charge in [-0.25, -0.2) is 0 Å². The predicted octanol–water partition coefficient (Wildman–Crippen LogP) is 2.94. The third-order valence-electron chi connectivity index (χ3n) is 3.74. The van der Waals surface area contributed by atoms with E-state index in [1.165, 1.54) is 24.0 Å². The minimum atomic E-state index is 0.193. The third-order valence-corrected chi connectivity index (χ3v) is 3.74. The first kappa shape index (κ1) is 12.6. The fourth-order valence-corrected chi connectivity index (χ4v) is 2.59. The van der Waals surface area contributed by atoms with Gasteiger partial charge in [-0.1, -0.05) is 38.1 Å². The number of benzene rings is 1. The second-order valence-electron chi connectivity index (χ2n) is 5.26. The lowest BCUT2D eigenvalue weighted by molar-refractivity contribution is 0.147. The number of hydrogen-bond acceptors (Lipinski definition) is 2. The van der Waals surface area contributed by atoms with Crippen LogP contribution in [-0.2, 0) is 0 Å². The van der Waals surface area contributed by atoms with E-state index in [1.54, 1.807) is 0 Å². The standard InChI is InChI=1S/C15H23NO/c1-12(2)13-5-7-14(8-6-13)15(11-17)16-9-3-4-10-16/h5-8,12,15,17H,3-4,9-11H2,1-2H3/t15-/m1/s1. The molecule has 1 heterocycles. The van der Waals surface area contributed by atoms with E-state index in [0.717, 1.165) is 13.1 Å². The van der Waals surface area contributed by atoms with E-state index in [-0.39, 0.29) is 12.6 Å². The van der Waals surface area contributed by atoms with Crippen LogP contribution in [0.2, 0.25) is 0 Å². The van der Waals surface area contributed by atoms with Crippen LogP contribution in [0, 0.1) is 0 Å². The van der Waals surface area contributed by atoms with E-state index in [0.29, 0.717) is 5.92 Å². The van der Waals surface area contributed by atoms with Gasteiger partial charge in [0.15, 0.2) is 0 Å². The summed E-state index contributed by atoms with van der Waals surface area (Å²) < 4.78 is 0. The van der Waals surface area contributed by atoms with Crippen molar-refractivity contribution in [1.29, 1.82) is 0 Å². The van der Waals surface area contributed by atoms with E-state index in [9.17, 15) is 5.11 Å². The van der Waals surface area contributed by atoms with Gasteiger partial charge in [0.2, 0.25) is 0 Å². The molecule has 0 aliphatic carbocycles. The maximum Gasteiger partial charge on any atom is 0.0628 e. The molecule has 0 saturated carbocycles. The Balaban J connectivity index is 2.13. The highest BCUT2D eigenvalue weighted by molar-refractivity contribution is 5.27. The van der Waals surface area contributed by atoms with Gasteiger partial charge in [-0.3, -0.25) is 4.90 Å². The number of nitrogens with zero attached hydrogens (tertiary/aromatic N) is 1. The Morgan fingerprint density at radius 1 is 1.06 bits per heavy atom. The molecule has 1 aromatic carbocycles. The minimum Gasteiger partial charge on any atom is -0.394 e. The molecule has 2 heteroatoms. The smallest absolute Gasteiger partial charge is 0.0628 e. The molecule has 94 valence electrons. The second kappa shape index (κ2) is 5.65. The number of hydrogen-bond donors (Lipinski definition) is 1. The number of aliphatic hydroxyl groups excluding tert-OH is 1. The van der Waals surface area contributed by atoms with E-state index in [2.05, 4.69) is 43.0 Å². The fraction of sp³-hybridized carbons (Fsp3) is 0.600. The van der Waals surface area contributed by atoms with Gasteiger partial charge in [0, 0.05) is 0 Å². The number of aliphatic hydroxyl groups is 1. The molecule has 1 saturated heterocycles. The Labute approximate surface area is 104 Å². The van der Waals surface area contributed by atoms with Crippen molar-refractivity contribution in [1.82, 2.24) is 4.90 Å². The molecule has 1 N–H and O–H groups in total. The summed E-state index contributed by atoms with van der Waals surface area (Å²) in [6.45, 7) is 6.88. The van der Waals surface area contributed by atoms with Crippen LogP contribution in [-0.4, -0.2) is 29.7 Å². The second-order valence-corrected chi connectivity index (χ2v) is 5.26. The average Bonchev–Trinajstić information content (AvgIpc) is 2.84. The molecule has 0 aromatic heterocycles. The monoisotopic (exact) mass is 233 g/mol. The summed E-state index contributed by atoms with van der Waals surface area (Å²) >= 11 is 0. The van der Waals surface area contributed by atoms with Gasteiger partial charge < -0.3 is 5.11 Å². The Bertz CT molecular complexity index is 338. The molecule has 0 amide bonds. The largest absolute Gasteiger partial charge is 0.394 e. The van der Waals surface area contributed by atoms with Crippen molar-refractivity contribution in [2.45, 2.75) is 38.6 Å². The molecule has 1 aliphatic heterocycles. The Kier molecular flexibility index (Phi) is 4.19. The summed E-state index contributed by atoms with van der Waals surface area (Å²) in [4.78, 5) is 2.39. The Morgan fingerprint density at radius 3 is 2.06 bits per heavy atom. The first-order valence-corrected chi connectivity index (χ1v) is 6.67. The van der Waals surface area contributed by atoms with Crippen LogP contribution in [0.5, 0.6) is 0 Å². The van der Waals surface area contributed by atoms with Crippen LogP contribution in [0.4, 0.5) is 0 Å². The molecule has 2 nitrogen and oxygen atoms in total. The zero-order valence-corrected chi connectivity index (χ0v) is 10.9. The molecule has 1 atom stereocenters. The quantitative estimate of drug-likeness (QED) is 0.864. The predicted molar refractivity (Wildman–Crippen MR) is 71.2 cm³/mol. The third kappa shape index (κ3) is 2.88. The Morgan fingerprint density at radius 2 is 1.59 bits per heavy atom. The van der Waals surface area contributed by atoms with Gasteiger partial charge in [-0.05, 0) is 43.0 Å². The molecular weight excluding hydrogens is 210 g/mol. The average molecular weight is 233 g/mol. The van der Waals surface area contributed by atoms with Crippen molar-refractivity contribution in [2.75, 3.05) is 19.7 Å². The molecule has 0 spiro atoms. The van der Waals surface area contributed by atoms with Crippen molar-refractivity contribution in [3.05, 3.63) is 35.4 Å². The Hall–Kier alpha value is -0.860. The van der Waals surface area contributed by atoms with Crippen molar-refractivity contribution in [2.24, 2.45) is 0 Å². The minimum absolute atomic E-state index is 0.193. The van der Waals surface area contributed by atoms with E-state index in [4.69, 9.17) is 0 Å². The highest BCUT2D eigenvalue weighted by Crippen LogP contribution is 2.26. The van der Waals surface area contributed by atoms with Gasteiger partial charge in [0.05, 0.1) is 12.6 Å². The van der Waals surface area contributed by atoms with Gasteiger partial charge >= 0.3 is 0 Å². The summed E-state index contributed by atoms with van der Waals surface area (Å²) in [5.41, 5.74) is 2.62. The van der Waals surface area contributed by atoms with E-state index in [1.807, 2.05) is 0 Å². The van der Waals surface area contributed by atoms with Crippen molar-refractivity contribution in [3.8, 4) is 0 Å². The SMILES string of the molecule is CC(C)c1ccc([C@@H](CO)N2CCCC2)cc1. The normalized spacial score (nSPS) is 18.8. The van der Waals surface area contributed by atoms with E-state index < -0.39 is 0 Å². The zero-order valence-electron chi connectivity index (χ0n) is 10.9. The molecule has 1 aliphatic rings. The molecule has 0 radical (unpaired) electrons. The van der Waals surface area contributed by atoms with Crippen LogP contribution < -0.4 is 0 Å². The van der Waals surface area contributed by atoms with Crippen LogP contribution in [0.15, 0.2) is 24.3 Å². The van der Waals surface area contributed by atoms with Crippen LogP contribution in [0.1, 0.15) is 49.8 Å². The number of rotatable bonds is 4. The molecule has 2 rings (SSSR count). The lowest BCUT2D eigenvalue weighted by atomic mass is 9.99. The van der Waals surface area contributed by atoms with Crippen LogP contribution in [0.3, 0.4) is 0 Å². The lowest BCUT2D eigenvalue weighted by Crippen LogP contribution is -2.28. The number of likely N-dealkylation sites (tertiary alicyclic amines) is 1. The highest BCUT2D eigenvalue weighted by atomic mass is 16.3. The van der Waals surface area contributed by atoms with Gasteiger partial charge in [0.25, 0.3) is 0 Å². The zero-order chi connectivity index (χ0) is 12.3. The first-order valence-electron chi connectivity index (χ1n) is 6.67. The molecule has 0 bridgehead atoms. The van der Waals surface area contributed by atoms with Crippen molar-refractivity contribution >= 4 is 0 Å². The first-order chi connectivity index (χ1) is 8.22. The summed E-state index contributed by atoms with van der Waals surface area (Å²) in [7, 11) is 0.